The first-order valence-electron chi connectivity index (χ1n) is 11.0. The lowest BCUT2D eigenvalue weighted by Gasteiger charge is -2.44. The largest absolute Gasteiger partial charge is 0.368 e. The first-order valence-corrected chi connectivity index (χ1v) is 11.0. The summed E-state index contributed by atoms with van der Waals surface area (Å²) in [5.41, 5.74) is 2.79. The van der Waals surface area contributed by atoms with E-state index >= 15 is 0 Å². The molecule has 0 saturated carbocycles. The molecule has 0 bridgehead atoms. The Labute approximate surface area is 191 Å². The van der Waals surface area contributed by atoms with Crippen LogP contribution in [0.15, 0.2) is 36.5 Å². The summed E-state index contributed by atoms with van der Waals surface area (Å²) in [5, 5.41) is 3.20. The summed E-state index contributed by atoms with van der Waals surface area (Å²) in [7, 11) is 1.87. The molecule has 1 N–H and O–H groups in total. The number of ether oxygens (including phenoxy) is 1. The van der Waals surface area contributed by atoms with Crippen LogP contribution < -0.4 is 5.32 Å². The van der Waals surface area contributed by atoms with Gasteiger partial charge in [0.25, 0.3) is 0 Å². The summed E-state index contributed by atoms with van der Waals surface area (Å²) >= 11 is 0. The van der Waals surface area contributed by atoms with Gasteiger partial charge in [0.2, 0.25) is 5.91 Å². The number of piperidine rings is 1. The van der Waals surface area contributed by atoms with Gasteiger partial charge in [-0.05, 0) is 44.2 Å². The Morgan fingerprint density at radius 1 is 1.23 bits per heavy atom. The molecule has 168 valence electrons. The van der Waals surface area contributed by atoms with Crippen molar-refractivity contribution in [3.8, 4) is 11.4 Å². The summed E-state index contributed by atoms with van der Waals surface area (Å²) in [6.45, 7) is 6.37. The second-order valence-corrected chi connectivity index (χ2v) is 8.82. The molecular weight excluding hydrogens is 412 g/mol. The first-order chi connectivity index (χ1) is 14.5. The third-order valence-electron chi connectivity index (χ3n) is 6.31. The van der Waals surface area contributed by atoms with E-state index in [4.69, 9.17) is 9.72 Å². The fourth-order valence-electron chi connectivity index (χ4n) is 4.64. The standard InChI is InChI=1S/C24H32N4O2.ClH/c1-17(2)15-20(25-3)23(29)28-12-10-24(11-13-28)21-19(9-14-30-24)16-26-22(27-21)18-7-5-4-6-8-18;/h4-8,16-17,20,25H,9-15H2,1-3H3;1H/t20-;/m0./s1. The number of rotatable bonds is 5. The highest BCUT2D eigenvalue weighted by atomic mass is 35.5. The molecule has 1 spiro atoms. The van der Waals surface area contributed by atoms with Crippen LogP contribution in [-0.2, 0) is 21.6 Å². The van der Waals surface area contributed by atoms with Crippen LogP contribution in [0.5, 0.6) is 0 Å². The number of likely N-dealkylation sites (tertiary alicyclic amines) is 1. The molecule has 6 nitrogen and oxygen atoms in total. The minimum atomic E-state index is -0.413. The summed E-state index contributed by atoms with van der Waals surface area (Å²) in [5.74, 6) is 1.42. The van der Waals surface area contributed by atoms with Gasteiger partial charge in [-0.3, -0.25) is 4.79 Å². The van der Waals surface area contributed by atoms with Gasteiger partial charge in [-0.15, -0.1) is 12.4 Å². The van der Waals surface area contributed by atoms with Gasteiger partial charge in [-0.1, -0.05) is 44.2 Å². The van der Waals surface area contributed by atoms with E-state index in [2.05, 4.69) is 24.1 Å². The summed E-state index contributed by atoms with van der Waals surface area (Å²) in [6, 6.07) is 9.95. The quantitative estimate of drug-likeness (QED) is 0.763. The molecule has 4 rings (SSSR count). The van der Waals surface area contributed by atoms with Crippen LogP contribution in [0.4, 0.5) is 0 Å². The lowest BCUT2D eigenvalue weighted by molar-refractivity contribution is -0.143. The number of aromatic nitrogens is 2. The number of carbonyl (C=O) groups excluding carboxylic acids is 1. The molecule has 7 heteroatoms. The first kappa shape index (κ1) is 23.6. The van der Waals surface area contributed by atoms with Gasteiger partial charge in [0, 0.05) is 24.8 Å². The van der Waals surface area contributed by atoms with Crippen LogP contribution in [0.2, 0.25) is 0 Å². The minimum Gasteiger partial charge on any atom is -0.368 e. The molecule has 0 radical (unpaired) electrons. The molecule has 2 aromatic rings. The molecule has 1 fully saturated rings. The highest BCUT2D eigenvalue weighted by Gasteiger charge is 2.44. The van der Waals surface area contributed by atoms with Crippen molar-refractivity contribution in [2.75, 3.05) is 26.7 Å². The van der Waals surface area contributed by atoms with Crippen molar-refractivity contribution in [2.45, 2.75) is 51.2 Å². The van der Waals surface area contributed by atoms with Gasteiger partial charge < -0.3 is 15.0 Å². The van der Waals surface area contributed by atoms with E-state index < -0.39 is 5.60 Å². The van der Waals surface area contributed by atoms with Crippen LogP contribution in [0.25, 0.3) is 11.4 Å². The molecule has 1 aromatic carbocycles. The van der Waals surface area contributed by atoms with E-state index in [-0.39, 0.29) is 24.4 Å². The van der Waals surface area contributed by atoms with Crippen molar-refractivity contribution in [1.29, 1.82) is 0 Å². The van der Waals surface area contributed by atoms with Gasteiger partial charge in [0.05, 0.1) is 18.3 Å². The number of benzene rings is 1. The summed E-state index contributed by atoms with van der Waals surface area (Å²) < 4.78 is 6.36. The smallest absolute Gasteiger partial charge is 0.239 e. The number of hydrogen-bond acceptors (Lipinski definition) is 5. The number of hydrogen-bond donors (Lipinski definition) is 1. The molecule has 1 amide bonds. The van der Waals surface area contributed by atoms with E-state index in [1.807, 2.05) is 48.5 Å². The van der Waals surface area contributed by atoms with Crippen molar-refractivity contribution >= 4 is 18.3 Å². The van der Waals surface area contributed by atoms with Gasteiger partial charge in [-0.2, -0.15) is 0 Å². The van der Waals surface area contributed by atoms with Crippen LogP contribution in [0, 0.1) is 5.92 Å². The molecular formula is C24H33ClN4O2. The number of nitrogens with zero attached hydrogens (tertiary/aromatic N) is 3. The normalized spacial score (nSPS) is 18.4. The SMILES string of the molecule is CN[C@@H](CC(C)C)C(=O)N1CCC2(CC1)OCCc1cnc(-c3ccccc3)nc12.Cl. The van der Waals surface area contributed by atoms with Crippen LogP contribution >= 0.6 is 12.4 Å². The number of likely N-dealkylation sites (N-methyl/N-ethyl adjacent to an activating group) is 1. The highest BCUT2D eigenvalue weighted by Crippen LogP contribution is 2.41. The Morgan fingerprint density at radius 3 is 2.58 bits per heavy atom. The van der Waals surface area contributed by atoms with E-state index in [0.29, 0.717) is 25.6 Å². The molecule has 2 aliphatic heterocycles. The summed E-state index contributed by atoms with van der Waals surface area (Å²) in [4.78, 5) is 24.6. The van der Waals surface area contributed by atoms with Crippen molar-refractivity contribution in [3.63, 3.8) is 0 Å². The highest BCUT2D eigenvalue weighted by molar-refractivity contribution is 5.85. The maximum Gasteiger partial charge on any atom is 0.239 e. The Balaban J connectivity index is 0.00000272. The van der Waals surface area contributed by atoms with Crippen molar-refractivity contribution in [3.05, 3.63) is 47.8 Å². The maximum atomic E-state index is 13.0. The molecule has 1 atom stereocenters. The topological polar surface area (TPSA) is 67.4 Å². The second-order valence-electron chi connectivity index (χ2n) is 8.82. The number of fused-ring (bicyclic) bond motifs is 2. The van der Waals surface area contributed by atoms with Crippen molar-refractivity contribution in [1.82, 2.24) is 20.2 Å². The molecule has 31 heavy (non-hydrogen) atoms. The molecule has 2 aliphatic rings. The van der Waals surface area contributed by atoms with E-state index in [1.54, 1.807) is 0 Å². The predicted molar refractivity (Wildman–Crippen MR) is 124 cm³/mol. The van der Waals surface area contributed by atoms with E-state index in [0.717, 1.165) is 42.8 Å². The average Bonchev–Trinajstić information content (AvgIpc) is 2.78. The zero-order valence-electron chi connectivity index (χ0n) is 18.6. The molecule has 0 unspecified atom stereocenters. The number of amides is 1. The maximum absolute atomic E-state index is 13.0. The van der Waals surface area contributed by atoms with Gasteiger partial charge >= 0.3 is 0 Å². The van der Waals surface area contributed by atoms with E-state index in [1.165, 1.54) is 5.56 Å². The lowest BCUT2D eigenvalue weighted by atomic mass is 9.83. The Bertz CT molecular complexity index is 882. The Hall–Kier alpha value is -2.02. The van der Waals surface area contributed by atoms with Gasteiger partial charge in [0.15, 0.2) is 5.82 Å². The third-order valence-corrected chi connectivity index (χ3v) is 6.31. The Kier molecular flexibility index (Phi) is 7.68. The van der Waals surface area contributed by atoms with Gasteiger partial charge in [0.1, 0.15) is 5.60 Å². The number of nitrogens with one attached hydrogen (secondary N) is 1. The molecule has 0 aliphatic carbocycles. The average molecular weight is 445 g/mol. The van der Waals surface area contributed by atoms with E-state index in [9.17, 15) is 4.79 Å². The molecule has 1 saturated heterocycles. The monoisotopic (exact) mass is 444 g/mol. The van der Waals surface area contributed by atoms with Crippen LogP contribution in [-0.4, -0.2) is 53.6 Å². The predicted octanol–water partition coefficient (Wildman–Crippen LogP) is 3.59. The zero-order chi connectivity index (χ0) is 21.1. The van der Waals surface area contributed by atoms with Crippen molar-refractivity contribution < 1.29 is 9.53 Å². The van der Waals surface area contributed by atoms with Crippen molar-refractivity contribution in [2.24, 2.45) is 5.92 Å². The fraction of sp³-hybridized carbons (Fsp3) is 0.542. The lowest BCUT2D eigenvalue weighted by Crippen LogP contribution is -2.53. The fourth-order valence-corrected chi connectivity index (χ4v) is 4.64. The second kappa shape index (κ2) is 10.1. The minimum absolute atomic E-state index is 0. The van der Waals surface area contributed by atoms with Crippen LogP contribution in [0.3, 0.4) is 0 Å². The van der Waals surface area contributed by atoms with Gasteiger partial charge in [-0.25, -0.2) is 9.97 Å². The zero-order valence-corrected chi connectivity index (χ0v) is 19.5. The third kappa shape index (κ3) is 4.92. The molecule has 1 aromatic heterocycles. The number of halogens is 1. The summed E-state index contributed by atoms with van der Waals surface area (Å²) in [6.07, 6.45) is 5.20. The molecule has 3 heterocycles. The van der Waals surface area contributed by atoms with Crippen LogP contribution in [0.1, 0.15) is 44.4 Å². The number of carbonyl (C=O) groups is 1. The Morgan fingerprint density at radius 2 is 1.94 bits per heavy atom.